The zero-order valence-electron chi connectivity index (χ0n) is 20.1. The Kier molecular flexibility index (Phi) is 5.84. The van der Waals surface area contributed by atoms with Crippen molar-refractivity contribution in [3.8, 4) is 0 Å². The summed E-state index contributed by atoms with van der Waals surface area (Å²) in [6, 6.07) is 0. The normalized spacial score (nSPS) is 45.4. The number of rotatable bonds is 5. The SMILES string of the molecule is CC(C)CCC[C@@H](C)[C@H]1CC[C@H]2[C@@H]3[C@@H](C)CC4=CC(=O)CC[C@]4(C)[C@H]3CC[C@]12C. The van der Waals surface area contributed by atoms with Gasteiger partial charge in [-0.2, -0.15) is 0 Å². The molecule has 3 fully saturated rings. The van der Waals surface area contributed by atoms with Gasteiger partial charge in [0.2, 0.25) is 0 Å². The molecule has 0 aromatic heterocycles. The number of carbonyl (C=O) groups is 1. The van der Waals surface area contributed by atoms with Gasteiger partial charge in [0.05, 0.1) is 0 Å². The second kappa shape index (κ2) is 7.83. The van der Waals surface area contributed by atoms with E-state index in [9.17, 15) is 4.79 Å². The highest BCUT2D eigenvalue weighted by Crippen LogP contribution is 2.68. The predicted octanol–water partition coefficient (Wildman–Crippen LogP) is 7.84. The third-order valence-corrected chi connectivity index (χ3v) is 10.5. The Labute approximate surface area is 180 Å². The van der Waals surface area contributed by atoms with E-state index in [1.165, 1.54) is 56.9 Å². The van der Waals surface area contributed by atoms with Gasteiger partial charge in [0, 0.05) is 6.42 Å². The van der Waals surface area contributed by atoms with Crippen molar-refractivity contribution in [2.24, 2.45) is 52.3 Å². The molecule has 8 atom stereocenters. The molecule has 0 bridgehead atoms. The molecule has 4 rings (SSSR count). The molecular formula is C28H46O. The minimum Gasteiger partial charge on any atom is -0.295 e. The highest BCUT2D eigenvalue weighted by Gasteiger charge is 2.60. The van der Waals surface area contributed by atoms with Crippen LogP contribution < -0.4 is 0 Å². The average Bonchev–Trinajstić information content (AvgIpc) is 3.00. The molecule has 164 valence electrons. The summed E-state index contributed by atoms with van der Waals surface area (Å²) >= 11 is 0. The lowest BCUT2D eigenvalue weighted by atomic mass is 9.44. The molecule has 0 heterocycles. The lowest BCUT2D eigenvalue weighted by molar-refractivity contribution is -0.118. The zero-order chi connectivity index (χ0) is 21.0. The van der Waals surface area contributed by atoms with Crippen molar-refractivity contribution in [2.75, 3.05) is 0 Å². The Bertz CT molecular complexity index is 659. The van der Waals surface area contributed by atoms with Gasteiger partial charge < -0.3 is 0 Å². The topological polar surface area (TPSA) is 17.1 Å². The summed E-state index contributed by atoms with van der Waals surface area (Å²) < 4.78 is 0. The molecule has 4 aliphatic carbocycles. The first-order valence-electron chi connectivity index (χ1n) is 12.9. The first kappa shape index (κ1) is 21.6. The Hall–Kier alpha value is -0.590. The third-order valence-electron chi connectivity index (χ3n) is 10.5. The molecule has 0 radical (unpaired) electrons. The predicted molar refractivity (Wildman–Crippen MR) is 123 cm³/mol. The summed E-state index contributed by atoms with van der Waals surface area (Å²) in [5, 5.41) is 0. The molecule has 0 N–H and O–H groups in total. The van der Waals surface area contributed by atoms with Crippen molar-refractivity contribution in [2.45, 2.75) is 106 Å². The summed E-state index contributed by atoms with van der Waals surface area (Å²) in [5.41, 5.74) is 2.39. The lowest BCUT2D eigenvalue weighted by Crippen LogP contribution is -2.53. The molecule has 0 unspecified atom stereocenters. The van der Waals surface area contributed by atoms with Gasteiger partial charge in [0.25, 0.3) is 0 Å². The van der Waals surface area contributed by atoms with E-state index < -0.39 is 0 Å². The van der Waals surface area contributed by atoms with Crippen LogP contribution in [0.15, 0.2) is 11.6 Å². The van der Waals surface area contributed by atoms with Crippen molar-refractivity contribution in [1.82, 2.24) is 0 Å². The van der Waals surface area contributed by atoms with Crippen LogP contribution in [0.2, 0.25) is 0 Å². The van der Waals surface area contributed by atoms with E-state index in [4.69, 9.17) is 0 Å². The first-order chi connectivity index (χ1) is 13.7. The molecule has 0 aliphatic heterocycles. The molecule has 0 aromatic rings. The molecule has 0 saturated heterocycles. The fourth-order valence-electron chi connectivity index (χ4n) is 8.93. The molecule has 4 aliphatic rings. The van der Waals surface area contributed by atoms with E-state index in [0.29, 0.717) is 16.6 Å². The van der Waals surface area contributed by atoms with Gasteiger partial charge in [-0.15, -0.1) is 0 Å². The zero-order valence-corrected chi connectivity index (χ0v) is 20.1. The maximum absolute atomic E-state index is 12.1. The Morgan fingerprint density at radius 1 is 1.03 bits per heavy atom. The quantitative estimate of drug-likeness (QED) is 0.461. The van der Waals surface area contributed by atoms with E-state index in [-0.39, 0.29) is 0 Å². The number of carbonyl (C=O) groups excluding carboxylic acids is 1. The van der Waals surface area contributed by atoms with Crippen LogP contribution in [0.4, 0.5) is 0 Å². The average molecular weight is 399 g/mol. The standard InChI is InChI=1S/C28H46O/c1-18(2)8-7-9-19(3)23-10-11-24-26-20(4)16-21-17-22(29)12-14-27(21,5)25(26)13-15-28(23,24)6/h17-20,23-26H,7-16H2,1-6H3/t19-,20+,23-,24+,25+,26+,27+,28-/m1/s1. The van der Waals surface area contributed by atoms with Crippen LogP contribution in [0.5, 0.6) is 0 Å². The van der Waals surface area contributed by atoms with E-state index in [1.54, 1.807) is 0 Å². The van der Waals surface area contributed by atoms with Crippen LogP contribution >= 0.6 is 0 Å². The van der Waals surface area contributed by atoms with E-state index >= 15 is 0 Å². The highest BCUT2D eigenvalue weighted by molar-refractivity contribution is 5.91. The van der Waals surface area contributed by atoms with Crippen molar-refractivity contribution in [1.29, 1.82) is 0 Å². The molecule has 0 spiro atoms. The van der Waals surface area contributed by atoms with Crippen molar-refractivity contribution in [3.05, 3.63) is 11.6 Å². The van der Waals surface area contributed by atoms with Crippen molar-refractivity contribution >= 4 is 5.78 Å². The highest BCUT2D eigenvalue weighted by atomic mass is 16.1. The fraction of sp³-hybridized carbons (Fsp3) is 0.893. The summed E-state index contributed by atoms with van der Waals surface area (Å²) in [6.45, 7) is 15.0. The van der Waals surface area contributed by atoms with Gasteiger partial charge in [-0.05, 0) is 96.9 Å². The molecule has 29 heavy (non-hydrogen) atoms. The molecule has 1 heteroatoms. The van der Waals surface area contributed by atoms with Crippen LogP contribution in [-0.2, 0) is 4.79 Å². The van der Waals surface area contributed by atoms with E-state index in [1.807, 2.05) is 0 Å². The van der Waals surface area contributed by atoms with Gasteiger partial charge in [-0.1, -0.05) is 66.4 Å². The van der Waals surface area contributed by atoms with E-state index in [2.05, 4.69) is 47.6 Å². The monoisotopic (exact) mass is 398 g/mol. The summed E-state index contributed by atoms with van der Waals surface area (Å²) in [5.74, 6) is 6.44. The van der Waals surface area contributed by atoms with Gasteiger partial charge in [0.15, 0.2) is 5.78 Å². The molecule has 1 nitrogen and oxygen atoms in total. The maximum atomic E-state index is 12.1. The van der Waals surface area contributed by atoms with Gasteiger partial charge in [-0.3, -0.25) is 4.79 Å². The minimum atomic E-state index is 0.313. The van der Waals surface area contributed by atoms with Gasteiger partial charge >= 0.3 is 0 Å². The number of fused-ring (bicyclic) bond motifs is 5. The van der Waals surface area contributed by atoms with Gasteiger partial charge in [0.1, 0.15) is 0 Å². The smallest absolute Gasteiger partial charge is 0.155 e. The van der Waals surface area contributed by atoms with Crippen LogP contribution in [-0.4, -0.2) is 5.78 Å². The number of allylic oxidation sites excluding steroid dienone is 1. The summed E-state index contributed by atoms with van der Waals surface area (Å²) in [7, 11) is 0. The molecule has 0 aromatic carbocycles. The van der Waals surface area contributed by atoms with Crippen molar-refractivity contribution < 1.29 is 4.79 Å². The molecule has 0 amide bonds. The molecule has 3 saturated carbocycles. The number of ketones is 1. The van der Waals surface area contributed by atoms with Crippen molar-refractivity contribution in [3.63, 3.8) is 0 Å². The second-order valence-electron chi connectivity index (χ2n) is 12.6. The Morgan fingerprint density at radius 2 is 1.79 bits per heavy atom. The molecular weight excluding hydrogens is 352 g/mol. The second-order valence-corrected chi connectivity index (χ2v) is 12.6. The third kappa shape index (κ3) is 3.57. The summed E-state index contributed by atoms with van der Waals surface area (Å²) in [6.07, 6.45) is 15.2. The lowest BCUT2D eigenvalue weighted by Gasteiger charge is -2.60. The van der Waals surface area contributed by atoms with Crippen LogP contribution in [0.1, 0.15) is 106 Å². The Morgan fingerprint density at radius 3 is 2.52 bits per heavy atom. The van der Waals surface area contributed by atoms with E-state index in [0.717, 1.165) is 54.3 Å². The number of hydrogen-bond acceptors (Lipinski definition) is 1. The first-order valence-corrected chi connectivity index (χ1v) is 12.9. The van der Waals surface area contributed by atoms with Crippen LogP contribution in [0.3, 0.4) is 0 Å². The van der Waals surface area contributed by atoms with Gasteiger partial charge in [-0.25, -0.2) is 0 Å². The minimum absolute atomic E-state index is 0.313. The van der Waals surface area contributed by atoms with Crippen LogP contribution in [0.25, 0.3) is 0 Å². The number of hydrogen-bond donors (Lipinski definition) is 0. The van der Waals surface area contributed by atoms with Crippen LogP contribution in [0, 0.1) is 52.3 Å². The Balaban J connectivity index is 1.54. The maximum Gasteiger partial charge on any atom is 0.155 e. The summed E-state index contributed by atoms with van der Waals surface area (Å²) in [4.78, 5) is 12.1. The largest absolute Gasteiger partial charge is 0.295 e. The fourth-order valence-corrected chi connectivity index (χ4v) is 8.93.